The first-order valence-corrected chi connectivity index (χ1v) is 8.82. The Morgan fingerprint density at radius 2 is 1.84 bits per heavy atom. The van der Waals surface area contributed by atoms with Gasteiger partial charge >= 0.3 is 0 Å². The van der Waals surface area contributed by atoms with Crippen LogP contribution in [0.15, 0.2) is 52.9 Å². The number of aryl methyl sites for hydroxylation is 2. The van der Waals surface area contributed by atoms with Gasteiger partial charge in [0, 0.05) is 23.6 Å². The van der Waals surface area contributed by atoms with Gasteiger partial charge in [-0.3, -0.25) is 15.6 Å². The normalized spacial score (nSPS) is 15.2. The lowest BCUT2D eigenvalue weighted by Crippen LogP contribution is -2.36. The number of rotatable bonds is 3. The Kier molecular flexibility index (Phi) is 5.09. The molecule has 25 heavy (non-hydrogen) atoms. The summed E-state index contributed by atoms with van der Waals surface area (Å²) in [6.45, 7) is 5.63. The number of amides is 1. The minimum absolute atomic E-state index is 0.0766. The molecule has 1 aliphatic heterocycles. The molecule has 0 aliphatic carbocycles. The van der Waals surface area contributed by atoms with Gasteiger partial charge in [-0.25, -0.2) is 4.99 Å². The second kappa shape index (κ2) is 7.44. The van der Waals surface area contributed by atoms with Crippen LogP contribution in [0.3, 0.4) is 0 Å². The second-order valence-electron chi connectivity index (χ2n) is 5.86. The summed E-state index contributed by atoms with van der Waals surface area (Å²) in [4.78, 5) is 15.7. The molecule has 5 nitrogen and oxygen atoms in total. The molecule has 128 valence electrons. The number of benzene rings is 2. The Morgan fingerprint density at radius 1 is 1.08 bits per heavy atom. The summed E-state index contributed by atoms with van der Waals surface area (Å²) in [6, 6.07) is 13.9. The van der Waals surface area contributed by atoms with E-state index >= 15 is 0 Å². The van der Waals surface area contributed by atoms with Crippen LogP contribution in [0.25, 0.3) is 5.70 Å². The highest BCUT2D eigenvalue weighted by Gasteiger charge is 2.11. The van der Waals surface area contributed by atoms with Gasteiger partial charge in [-0.05, 0) is 37.6 Å². The molecule has 1 amide bonds. The van der Waals surface area contributed by atoms with Crippen LogP contribution in [0.1, 0.15) is 23.6 Å². The average Bonchev–Trinajstić information content (AvgIpc) is 2.58. The van der Waals surface area contributed by atoms with Gasteiger partial charge < -0.3 is 5.32 Å². The fourth-order valence-electron chi connectivity index (χ4n) is 2.47. The molecule has 1 aliphatic rings. The first-order chi connectivity index (χ1) is 12.0. The third-order valence-electron chi connectivity index (χ3n) is 3.68. The van der Waals surface area contributed by atoms with E-state index in [-0.39, 0.29) is 5.91 Å². The van der Waals surface area contributed by atoms with Crippen LogP contribution < -0.4 is 16.2 Å². The van der Waals surface area contributed by atoms with Crippen LogP contribution in [0.2, 0.25) is 0 Å². The minimum atomic E-state index is -0.0766. The minimum Gasteiger partial charge on any atom is -0.326 e. The van der Waals surface area contributed by atoms with Crippen molar-refractivity contribution in [1.82, 2.24) is 10.9 Å². The molecule has 0 spiro atoms. The summed E-state index contributed by atoms with van der Waals surface area (Å²) in [5.74, 6) is -0.0766. The number of nitrogens with one attached hydrogen (secondary N) is 3. The third-order valence-corrected chi connectivity index (χ3v) is 4.45. The van der Waals surface area contributed by atoms with Gasteiger partial charge in [0.25, 0.3) is 0 Å². The molecule has 0 unspecified atom stereocenters. The number of carbonyl (C=O) groups excluding carboxylic acids is 1. The first kappa shape index (κ1) is 17.1. The van der Waals surface area contributed by atoms with Gasteiger partial charge in [0.05, 0.1) is 11.4 Å². The largest absolute Gasteiger partial charge is 0.326 e. The molecule has 3 N–H and O–H groups in total. The number of hydrogen-bond donors (Lipinski definition) is 3. The van der Waals surface area contributed by atoms with Crippen molar-refractivity contribution < 1.29 is 4.79 Å². The molecule has 0 saturated heterocycles. The van der Waals surface area contributed by atoms with Crippen molar-refractivity contribution in [3.8, 4) is 0 Å². The zero-order chi connectivity index (χ0) is 17.8. The SMILES string of the molecule is CC(=O)Nc1ccc(C2=CSC(=Nc3ccc(C)cc3C)NN2)cc1. The van der Waals surface area contributed by atoms with E-state index < -0.39 is 0 Å². The summed E-state index contributed by atoms with van der Waals surface area (Å²) in [5.41, 5.74) is 12.4. The maximum absolute atomic E-state index is 11.1. The van der Waals surface area contributed by atoms with Crippen molar-refractivity contribution in [3.05, 3.63) is 64.6 Å². The fraction of sp³-hybridized carbons (Fsp3) is 0.158. The highest BCUT2D eigenvalue weighted by Crippen LogP contribution is 2.25. The lowest BCUT2D eigenvalue weighted by molar-refractivity contribution is -0.114. The highest BCUT2D eigenvalue weighted by atomic mass is 32.2. The topological polar surface area (TPSA) is 65.5 Å². The number of hydrazine groups is 1. The van der Waals surface area contributed by atoms with Crippen molar-refractivity contribution in [1.29, 1.82) is 0 Å². The van der Waals surface area contributed by atoms with Gasteiger partial charge in [0.2, 0.25) is 5.91 Å². The summed E-state index contributed by atoms with van der Waals surface area (Å²) in [6.07, 6.45) is 0. The van der Waals surface area contributed by atoms with Gasteiger partial charge in [0.1, 0.15) is 0 Å². The van der Waals surface area contributed by atoms with Crippen LogP contribution >= 0.6 is 11.8 Å². The monoisotopic (exact) mass is 352 g/mol. The number of thioether (sulfide) groups is 1. The number of amidine groups is 1. The van der Waals surface area contributed by atoms with Crippen molar-refractivity contribution in [2.75, 3.05) is 5.32 Å². The molecule has 1 heterocycles. The van der Waals surface area contributed by atoms with Crippen LogP contribution in [0.5, 0.6) is 0 Å². The Bertz CT molecular complexity index is 856. The van der Waals surface area contributed by atoms with Gasteiger partial charge in [0.15, 0.2) is 5.17 Å². The van der Waals surface area contributed by atoms with Crippen molar-refractivity contribution in [2.45, 2.75) is 20.8 Å². The summed E-state index contributed by atoms with van der Waals surface area (Å²) < 4.78 is 0. The average molecular weight is 352 g/mol. The molecule has 2 aromatic carbocycles. The van der Waals surface area contributed by atoms with Gasteiger partial charge in [-0.2, -0.15) is 0 Å². The molecule has 0 bridgehead atoms. The van der Waals surface area contributed by atoms with E-state index in [9.17, 15) is 4.79 Å². The molecular weight excluding hydrogens is 332 g/mol. The molecule has 0 atom stereocenters. The van der Waals surface area contributed by atoms with E-state index in [1.165, 1.54) is 24.2 Å². The molecule has 6 heteroatoms. The summed E-state index contributed by atoms with van der Waals surface area (Å²) in [7, 11) is 0. The Morgan fingerprint density at radius 3 is 2.44 bits per heavy atom. The standard InChI is InChI=1S/C19H20N4OS/c1-12-4-9-17(13(2)10-12)21-19-23-22-18(11-25-19)15-5-7-16(8-6-15)20-14(3)24/h4-11,22H,1-3H3,(H,20,24)(H,21,23). The highest BCUT2D eigenvalue weighted by molar-refractivity contribution is 8.16. The number of aliphatic imine (C=N–C) groups is 1. The Balaban J connectivity index is 1.71. The van der Waals surface area contributed by atoms with E-state index in [0.717, 1.165) is 33.4 Å². The maximum Gasteiger partial charge on any atom is 0.221 e. The van der Waals surface area contributed by atoms with Crippen LogP contribution in [0, 0.1) is 13.8 Å². The van der Waals surface area contributed by atoms with Crippen LogP contribution in [-0.2, 0) is 4.79 Å². The molecule has 0 fully saturated rings. The molecule has 0 saturated carbocycles. The molecule has 3 rings (SSSR count). The smallest absolute Gasteiger partial charge is 0.221 e. The van der Waals surface area contributed by atoms with E-state index in [1.54, 1.807) is 0 Å². The van der Waals surface area contributed by atoms with Crippen molar-refractivity contribution in [2.24, 2.45) is 4.99 Å². The zero-order valence-corrected chi connectivity index (χ0v) is 15.2. The molecule has 2 aromatic rings. The van der Waals surface area contributed by atoms with Gasteiger partial charge in [-0.1, -0.05) is 41.6 Å². The third kappa shape index (κ3) is 4.42. The van der Waals surface area contributed by atoms with E-state index in [4.69, 9.17) is 0 Å². The molecular formula is C19H20N4OS. The van der Waals surface area contributed by atoms with Crippen molar-refractivity contribution in [3.63, 3.8) is 0 Å². The Labute approximate surface area is 151 Å². The number of anilines is 1. The summed E-state index contributed by atoms with van der Waals surface area (Å²) in [5, 5.41) is 5.58. The lowest BCUT2D eigenvalue weighted by atomic mass is 10.1. The van der Waals surface area contributed by atoms with E-state index in [0.29, 0.717) is 0 Å². The molecule has 0 aromatic heterocycles. The number of nitrogens with zero attached hydrogens (tertiary/aromatic N) is 1. The fourth-order valence-corrected chi connectivity index (χ4v) is 3.15. The quantitative estimate of drug-likeness (QED) is 0.778. The number of carbonyl (C=O) groups is 1. The first-order valence-electron chi connectivity index (χ1n) is 7.94. The molecule has 0 radical (unpaired) electrons. The number of hydrogen-bond acceptors (Lipinski definition) is 4. The predicted molar refractivity (Wildman–Crippen MR) is 106 cm³/mol. The second-order valence-corrected chi connectivity index (χ2v) is 6.72. The predicted octanol–water partition coefficient (Wildman–Crippen LogP) is 4.09. The van der Waals surface area contributed by atoms with Gasteiger partial charge in [-0.15, -0.1) is 0 Å². The Hall–Kier alpha value is -2.73. The van der Waals surface area contributed by atoms with Crippen LogP contribution in [-0.4, -0.2) is 11.1 Å². The lowest BCUT2D eigenvalue weighted by Gasteiger charge is -2.19. The summed E-state index contributed by atoms with van der Waals surface area (Å²) >= 11 is 1.53. The maximum atomic E-state index is 11.1. The van der Waals surface area contributed by atoms with E-state index in [2.05, 4.69) is 47.1 Å². The zero-order valence-electron chi connectivity index (χ0n) is 14.4. The van der Waals surface area contributed by atoms with Crippen LogP contribution in [0.4, 0.5) is 11.4 Å². The van der Waals surface area contributed by atoms with E-state index in [1.807, 2.05) is 35.7 Å². The van der Waals surface area contributed by atoms with Crippen molar-refractivity contribution >= 4 is 39.9 Å².